The van der Waals surface area contributed by atoms with Crippen LogP contribution in [-0.2, 0) is 9.84 Å². The number of anilines is 1. The molecule has 1 aromatic carbocycles. The van der Waals surface area contributed by atoms with Gasteiger partial charge in [0.05, 0.1) is 27.7 Å². The average molecular weight is 276 g/mol. The highest BCUT2D eigenvalue weighted by Crippen LogP contribution is 2.22. The summed E-state index contributed by atoms with van der Waals surface area (Å²) in [5.74, 6) is 0. The summed E-state index contributed by atoms with van der Waals surface area (Å²) < 4.78 is 24.0. The first-order valence-corrected chi connectivity index (χ1v) is 7.52. The van der Waals surface area contributed by atoms with Crippen LogP contribution in [-0.4, -0.2) is 18.7 Å². The molecule has 19 heavy (non-hydrogen) atoms. The van der Waals surface area contributed by atoms with E-state index in [2.05, 4.69) is 4.98 Å². The molecule has 0 fully saturated rings. The Balaban J connectivity index is 2.36. The standard InChI is InChI=1S/C14H16N2O2S/c1-10(2)19(17,18)13-6-3-11(4-7-13)14-8-5-12(15)9-16-14/h3-10H,15H2,1-2H3. The van der Waals surface area contributed by atoms with E-state index >= 15 is 0 Å². The highest BCUT2D eigenvalue weighted by Gasteiger charge is 2.18. The van der Waals surface area contributed by atoms with Crippen LogP contribution in [0.25, 0.3) is 11.3 Å². The van der Waals surface area contributed by atoms with Crippen molar-refractivity contribution in [1.82, 2.24) is 4.98 Å². The van der Waals surface area contributed by atoms with E-state index in [4.69, 9.17) is 5.73 Å². The first-order chi connectivity index (χ1) is 8.91. The second-order valence-electron chi connectivity index (χ2n) is 4.59. The second kappa shape index (κ2) is 5.01. The molecule has 0 spiro atoms. The third-order valence-electron chi connectivity index (χ3n) is 2.89. The van der Waals surface area contributed by atoms with E-state index in [0.29, 0.717) is 10.6 Å². The maximum Gasteiger partial charge on any atom is 0.180 e. The Hall–Kier alpha value is -1.88. The Morgan fingerprint density at radius 3 is 2.16 bits per heavy atom. The zero-order valence-corrected chi connectivity index (χ0v) is 11.7. The topological polar surface area (TPSA) is 73.0 Å². The summed E-state index contributed by atoms with van der Waals surface area (Å²) in [5.41, 5.74) is 7.81. The number of pyridine rings is 1. The average Bonchev–Trinajstić information content (AvgIpc) is 2.39. The highest BCUT2D eigenvalue weighted by molar-refractivity contribution is 7.92. The summed E-state index contributed by atoms with van der Waals surface area (Å²) in [4.78, 5) is 4.54. The van der Waals surface area contributed by atoms with E-state index in [0.717, 1.165) is 11.3 Å². The molecule has 2 rings (SSSR count). The smallest absolute Gasteiger partial charge is 0.180 e. The van der Waals surface area contributed by atoms with Crippen LogP contribution in [0.1, 0.15) is 13.8 Å². The van der Waals surface area contributed by atoms with Crippen LogP contribution in [0.3, 0.4) is 0 Å². The molecule has 1 aromatic heterocycles. The van der Waals surface area contributed by atoms with E-state index in [1.54, 1.807) is 56.4 Å². The normalized spacial score (nSPS) is 11.7. The van der Waals surface area contributed by atoms with E-state index in [1.165, 1.54) is 0 Å². The molecular weight excluding hydrogens is 260 g/mol. The third-order valence-corrected chi connectivity index (χ3v) is 5.06. The summed E-state index contributed by atoms with van der Waals surface area (Å²) in [6, 6.07) is 10.3. The predicted molar refractivity (Wildman–Crippen MR) is 76.4 cm³/mol. The molecular formula is C14H16N2O2S. The van der Waals surface area contributed by atoms with Gasteiger partial charge in [-0.1, -0.05) is 12.1 Å². The summed E-state index contributed by atoms with van der Waals surface area (Å²) in [6.07, 6.45) is 1.58. The largest absolute Gasteiger partial charge is 0.397 e. The number of sulfone groups is 1. The minimum atomic E-state index is -3.22. The maximum absolute atomic E-state index is 12.0. The molecule has 2 N–H and O–H groups in total. The van der Waals surface area contributed by atoms with Crippen molar-refractivity contribution in [2.45, 2.75) is 24.0 Å². The zero-order chi connectivity index (χ0) is 14.0. The Labute approximate surface area is 113 Å². The summed E-state index contributed by atoms with van der Waals surface area (Å²) in [5, 5.41) is -0.423. The lowest BCUT2D eigenvalue weighted by Gasteiger charge is -2.08. The number of nitrogen functional groups attached to an aromatic ring is 1. The Kier molecular flexibility index (Phi) is 3.57. The number of hydrogen-bond donors (Lipinski definition) is 1. The van der Waals surface area contributed by atoms with Gasteiger partial charge in [0.2, 0.25) is 0 Å². The van der Waals surface area contributed by atoms with Gasteiger partial charge < -0.3 is 5.73 Å². The molecule has 0 amide bonds. The van der Waals surface area contributed by atoms with Gasteiger partial charge in [0.15, 0.2) is 9.84 Å². The number of benzene rings is 1. The molecule has 0 saturated heterocycles. The predicted octanol–water partition coefficient (Wildman–Crippen LogP) is 2.51. The fourth-order valence-electron chi connectivity index (χ4n) is 1.66. The number of nitrogens with two attached hydrogens (primary N) is 1. The molecule has 5 heteroatoms. The molecule has 2 aromatic rings. The number of aromatic nitrogens is 1. The van der Waals surface area contributed by atoms with Crippen molar-refractivity contribution in [1.29, 1.82) is 0 Å². The fraction of sp³-hybridized carbons (Fsp3) is 0.214. The maximum atomic E-state index is 12.0. The number of hydrogen-bond acceptors (Lipinski definition) is 4. The van der Waals surface area contributed by atoms with E-state index in [9.17, 15) is 8.42 Å². The first-order valence-electron chi connectivity index (χ1n) is 5.97. The van der Waals surface area contributed by atoms with Gasteiger partial charge in [-0.05, 0) is 38.1 Å². The van der Waals surface area contributed by atoms with Crippen LogP contribution in [0.4, 0.5) is 5.69 Å². The van der Waals surface area contributed by atoms with Crippen molar-refractivity contribution in [3.63, 3.8) is 0 Å². The Morgan fingerprint density at radius 2 is 1.68 bits per heavy atom. The molecule has 0 saturated carbocycles. The van der Waals surface area contributed by atoms with Crippen LogP contribution in [0.2, 0.25) is 0 Å². The van der Waals surface area contributed by atoms with Gasteiger partial charge in [0.25, 0.3) is 0 Å². The van der Waals surface area contributed by atoms with Crippen molar-refractivity contribution in [3.8, 4) is 11.3 Å². The van der Waals surface area contributed by atoms with Gasteiger partial charge in [-0.25, -0.2) is 8.42 Å². The van der Waals surface area contributed by atoms with Crippen LogP contribution in [0.15, 0.2) is 47.5 Å². The van der Waals surface area contributed by atoms with Crippen LogP contribution < -0.4 is 5.73 Å². The molecule has 0 bridgehead atoms. The molecule has 100 valence electrons. The van der Waals surface area contributed by atoms with E-state index in [-0.39, 0.29) is 0 Å². The van der Waals surface area contributed by atoms with Gasteiger partial charge in [-0.2, -0.15) is 0 Å². The SMILES string of the molecule is CC(C)S(=O)(=O)c1ccc(-c2ccc(N)cn2)cc1. The van der Waals surface area contributed by atoms with Gasteiger partial charge >= 0.3 is 0 Å². The van der Waals surface area contributed by atoms with Crippen molar-refractivity contribution >= 4 is 15.5 Å². The summed E-state index contributed by atoms with van der Waals surface area (Å²) >= 11 is 0. The second-order valence-corrected chi connectivity index (χ2v) is 7.10. The van der Waals surface area contributed by atoms with Crippen molar-refractivity contribution in [3.05, 3.63) is 42.6 Å². The van der Waals surface area contributed by atoms with Crippen molar-refractivity contribution in [2.75, 3.05) is 5.73 Å². The number of rotatable bonds is 3. The highest BCUT2D eigenvalue weighted by atomic mass is 32.2. The molecule has 0 atom stereocenters. The summed E-state index contributed by atoms with van der Waals surface area (Å²) in [7, 11) is -3.22. The summed E-state index contributed by atoms with van der Waals surface area (Å²) in [6.45, 7) is 3.34. The van der Waals surface area contributed by atoms with Crippen molar-refractivity contribution < 1.29 is 8.42 Å². The quantitative estimate of drug-likeness (QED) is 0.934. The molecule has 0 radical (unpaired) electrons. The minimum Gasteiger partial charge on any atom is -0.397 e. The van der Waals surface area contributed by atoms with Crippen LogP contribution >= 0.6 is 0 Å². The Bertz CT molecular complexity index is 660. The Morgan fingerprint density at radius 1 is 1.05 bits per heavy atom. The van der Waals surface area contributed by atoms with Crippen LogP contribution in [0.5, 0.6) is 0 Å². The molecule has 0 aliphatic carbocycles. The molecule has 0 aliphatic heterocycles. The third kappa shape index (κ3) is 2.76. The minimum absolute atomic E-state index is 0.335. The lowest BCUT2D eigenvalue weighted by Crippen LogP contribution is -2.13. The zero-order valence-electron chi connectivity index (χ0n) is 10.9. The molecule has 1 heterocycles. The lowest BCUT2D eigenvalue weighted by atomic mass is 10.1. The van der Waals surface area contributed by atoms with Gasteiger partial charge in [-0.15, -0.1) is 0 Å². The first kappa shape index (κ1) is 13.5. The monoisotopic (exact) mass is 276 g/mol. The van der Waals surface area contributed by atoms with E-state index in [1.807, 2.05) is 0 Å². The van der Waals surface area contributed by atoms with Crippen molar-refractivity contribution in [2.24, 2.45) is 0 Å². The van der Waals surface area contributed by atoms with Gasteiger partial charge in [0.1, 0.15) is 0 Å². The van der Waals surface area contributed by atoms with Crippen LogP contribution in [0, 0.1) is 0 Å². The fourth-order valence-corrected chi connectivity index (χ4v) is 2.72. The van der Waals surface area contributed by atoms with Gasteiger partial charge in [-0.3, -0.25) is 4.98 Å². The van der Waals surface area contributed by atoms with E-state index < -0.39 is 15.1 Å². The van der Waals surface area contributed by atoms with Gasteiger partial charge in [0, 0.05) is 5.56 Å². The molecule has 0 unspecified atom stereocenters. The molecule has 0 aliphatic rings. The lowest BCUT2D eigenvalue weighted by molar-refractivity contribution is 0.587. The molecule has 4 nitrogen and oxygen atoms in total. The number of nitrogens with zero attached hydrogens (tertiary/aromatic N) is 1.